The molecule has 0 aromatic rings. The Balaban J connectivity index is 2.59. The molecule has 0 aromatic heterocycles. The van der Waals surface area contributed by atoms with Crippen LogP contribution in [-0.4, -0.2) is 32.2 Å². The Morgan fingerprint density at radius 3 is 2.67 bits per heavy atom. The van der Waals surface area contributed by atoms with Gasteiger partial charge in [0.1, 0.15) is 5.54 Å². The maximum Gasteiger partial charge on any atom is 0.330 e. The van der Waals surface area contributed by atoms with E-state index < -0.39 is 5.54 Å². The number of hydrogen-bond acceptors (Lipinski definition) is 4. The molecular formula is C14H24N2O2. The van der Waals surface area contributed by atoms with Crippen LogP contribution >= 0.6 is 0 Å². The zero-order valence-corrected chi connectivity index (χ0v) is 11.7. The highest BCUT2D eigenvalue weighted by Gasteiger charge is 2.36. The Morgan fingerprint density at radius 1 is 1.50 bits per heavy atom. The van der Waals surface area contributed by atoms with Crippen LogP contribution in [0.1, 0.15) is 26.7 Å². The maximum absolute atomic E-state index is 12.1. The molecule has 0 saturated carbocycles. The van der Waals surface area contributed by atoms with Gasteiger partial charge in [-0.1, -0.05) is 26.0 Å². The smallest absolute Gasteiger partial charge is 0.330 e. The molecule has 0 aromatic carbocycles. The van der Waals surface area contributed by atoms with Crippen LogP contribution in [-0.2, 0) is 9.53 Å². The fourth-order valence-electron chi connectivity index (χ4n) is 1.78. The number of hydrogen-bond donors (Lipinski definition) is 2. The summed E-state index contributed by atoms with van der Waals surface area (Å²) in [6.45, 7) is 4.71. The Morgan fingerprint density at radius 2 is 2.22 bits per heavy atom. The van der Waals surface area contributed by atoms with Crippen molar-refractivity contribution in [3.63, 3.8) is 0 Å². The van der Waals surface area contributed by atoms with E-state index in [0.717, 1.165) is 12.1 Å². The van der Waals surface area contributed by atoms with Crippen LogP contribution in [0.15, 0.2) is 23.9 Å². The van der Waals surface area contributed by atoms with Gasteiger partial charge < -0.3 is 15.4 Å². The molecule has 4 heteroatoms. The first-order valence-electron chi connectivity index (χ1n) is 6.47. The third-order valence-corrected chi connectivity index (χ3v) is 3.22. The zero-order chi connectivity index (χ0) is 13.6. The molecule has 0 saturated heterocycles. The normalized spacial score (nSPS) is 22.8. The molecule has 18 heavy (non-hydrogen) atoms. The highest BCUT2D eigenvalue weighted by molar-refractivity contribution is 5.84. The molecule has 0 amide bonds. The molecule has 2 N–H and O–H groups in total. The van der Waals surface area contributed by atoms with Gasteiger partial charge in [0.05, 0.1) is 6.61 Å². The number of likely N-dealkylation sites (N-methyl/N-ethyl adjacent to an activating group) is 2. The molecule has 1 atom stereocenters. The van der Waals surface area contributed by atoms with Gasteiger partial charge >= 0.3 is 5.97 Å². The number of carbonyl (C=O) groups excluding carboxylic acids is 1. The van der Waals surface area contributed by atoms with Gasteiger partial charge in [0.25, 0.3) is 0 Å². The second kappa shape index (κ2) is 6.59. The summed E-state index contributed by atoms with van der Waals surface area (Å²) in [6.07, 6.45) is 7.28. The van der Waals surface area contributed by atoms with Crippen LogP contribution in [0.5, 0.6) is 0 Å². The van der Waals surface area contributed by atoms with E-state index in [-0.39, 0.29) is 5.97 Å². The van der Waals surface area contributed by atoms with Crippen LogP contribution in [0, 0.1) is 5.92 Å². The van der Waals surface area contributed by atoms with Crippen molar-refractivity contribution < 1.29 is 9.53 Å². The highest BCUT2D eigenvalue weighted by Crippen LogP contribution is 2.21. The van der Waals surface area contributed by atoms with Crippen LogP contribution < -0.4 is 10.6 Å². The molecule has 0 aliphatic heterocycles. The van der Waals surface area contributed by atoms with Gasteiger partial charge in [-0.2, -0.15) is 0 Å². The van der Waals surface area contributed by atoms with Crippen LogP contribution in [0.2, 0.25) is 0 Å². The molecular weight excluding hydrogens is 228 g/mol. The Labute approximate surface area is 109 Å². The molecule has 4 nitrogen and oxygen atoms in total. The number of allylic oxidation sites excluding steroid dienone is 1. The van der Waals surface area contributed by atoms with Gasteiger partial charge in [-0.05, 0) is 25.5 Å². The largest absolute Gasteiger partial charge is 0.464 e. The summed E-state index contributed by atoms with van der Waals surface area (Å²) in [5.41, 5.74) is 0.313. The molecule has 0 heterocycles. The monoisotopic (exact) mass is 252 g/mol. The van der Waals surface area contributed by atoms with E-state index in [1.165, 1.54) is 0 Å². The van der Waals surface area contributed by atoms with Gasteiger partial charge in [0.2, 0.25) is 0 Å². The van der Waals surface area contributed by atoms with Gasteiger partial charge in [-0.3, -0.25) is 0 Å². The van der Waals surface area contributed by atoms with E-state index in [2.05, 4.69) is 24.5 Å². The van der Waals surface area contributed by atoms with Gasteiger partial charge in [0, 0.05) is 19.2 Å². The quantitative estimate of drug-likeness (QED) is 0.705. The summed E-state index contributed by atoms with van der Waals surface area (Å²) in [6, 6.07) is 0. The Hall–Kier alpha value is -1.29. The van der Waals surface area contributed by atoms with Gasteiger partial charge in [0.15, 0.2) is 0 Å². The second-order valence-electron chi connectivity index (χ2n) is 4.99. The van der Waals surface area contributed by atoms with Gasteiger partial charge in [-0.25, -0.2) is 4.79 Å². The predicted octanol–water partition coefficient (Wildman–Crippen LogP) is 1.60. The van der Waals surface area contributed by atoms with Crippen molar-refractivity contribution in [3.8, 4) is 0 Å². The average molecular weight is 252 g/mol. The van der Waals surface area contributed by atoms with Crippen molar-refractivity contribution in [2.45, 2.75) is 32.2 Å². The predicted molar refractivity (Wildman–Crippen MR) is 73.1 cm³/mol. The number of carbonyl (C=O) groups is 1. The van der Waals surface area contributed by atoms with Crippen molar-refractivity contribution in [1.82, 2.24) is 10.6 Å². The van der Waals surface area contributed by atoms with E-state index in [1.54, 1.807) is 7.05 Å². The average Bonchev–Trinajstić information content (AvgIpc) is 2.38. The van der Waals surface area contributed by atoms with Crippen molar-refractivity contribution >= 4 is 5.97 Å². The fourth-order valence-corrected chi connectivity index (χ4v) is 1.78. The molecule has 0 spiro atoms. The van der Waals surface area contributed by atoms with Crippen molar-refractivity contribution in [1.29, 1.82) is 0 Å². The third-order valence-electron chi connectivity index (χ3n) is 3.22. The Bertz CT molecular complexity index is 348. The first-order chi connectivity index (χ1) is 8.54. The molecule has 0 bridgehead atoms. The van der Waals surface area contributed by atoms with E-state index in [1.807, 2.05) is 25.3 Å². The lowest BCUT2D eigenvalue weighted by Crippen LogP contribution is -2.50. The Kier molecular flexibility index (Phi) is 5.41. The van der Waals surface area contributed by atoms with E-state index in [0.29, 0.717) is 18.9 Å². The summed E-state index contributed by atoms with van der Waals surface area (Å²) >= 11 is 0. The van der Waals surface area contributed by atoms with Crippen LogP contribution in [0.4, 0.5) is 0 Å². The molecule has 0 fully saturated rings. The first kappa shape index (κ1) is 14.8. The van der Waals surface area contributed by atoms with E-state index >= 15 is 0 Å². The summed E-state index contributed by atoms with van der Waals surface area (Å²) in [7, 11) is 3.65. The minimum Gasteiger partial charge on any atom is -0.464 e. The molecule has 1 unspecified atom stereocenters. The standard InChI is InChI=1S/C14H24N2O2/c1-11(2)7-10-18-13(17)14(16-4)8-5-12(15-3)6-9-14/h5-6,8,11,15-16H,7,9-10H2,1-4H3. The van der Waals surface area contributed by atoms with Crippen LogP contribution in [0.25, 0.3) is 0 Å². The van der Waals surface area contributed by atoms with E-state index in [9.17, 15) is 4.79 Å². The number of ether oxygens (including phenoxy) is 1. The molecule has 1 aliphatic carbocycles. The topological polar surface area (TPSA) is 50.4 Å². The van der Waals surface area contributed by atoms with Crippen molar-refractivity contribution in [3.05, 3.63) is 23.9 Å². The lowest BCUT2D eigenvalue weighted by molar-refractivity contribution is -0.149. The molecule has 0 radical (unpaired) electrons. The summed E-state index contributed by atoms with van der Waals surface area (Å²) in [5.74, 6) is 0.342. The third kappa shape index (κ3) is 3.60. The minimum atomic E-state index is -0.711. The number of nitrogens with one attached hydrogen (secondary N) is 2. The lowest BCUT2D eigenvalue weighted by atomic mass is 9.90. The molecule has 102 valence electrons. The lowest BCUT2D eigenvalue weighted by Gasteiger charge is -2.29. The zero-order valence-electron chi connectivity index (χ0n) is 11.7. The van der Waals surface area contributed by atoms with Crippen molar-refractivity contribution in [2.24, 2.45) is 5.92 Å². The van der Waals surface area contributed by atoms with Crippen molar-refractivity contribution in [2.75, 3.05) is 20.7 Å². The summed E-state index contributed by atoms with van der Waals surface area (Å²) < 4.78 is 5.35. The second-order valence-corrected chi connectivity index (χ2v) is 4.99. The molecule has 1 aliphatic rings. The maximum atomic E-state index is 12.1. The van der Waals surface area contributed by atoms with E-state index in [4.69, 9.17) is 4.74 Å². The van der Waals surface area contributed by atoms with Crippen LogP contribution in [0.3, 0.4) is 0 Å². The first-order valence-corrected chi connectivity index (χ1v) is 6.47. The SMILES string of the molecule is CNC1=CCC(NC)(C(=O)OCCC(C)C)C=C1. The highest BCUT2D eigenvalue weighted by atomic mass is 16.5. The summed E-state index contributed by atoms with van der Waals surface area (Å²) in [4.78, 5) is 12.1. The fraction of sp³-hybridized carbons (Fsp3) is 0.643. The summed E-state index contributed by atoms with van der Waals surface area (Å²) in [5, 5.41) is 6.12. The number of rotatable bonds is 6. The minimum absolute atomic E-state index is 0.201. The molecule has 1 rings (SSSR count). The number of esters is 1. The van der Waals surface area contributed by atoms with Gasteiger partial charge in [-0.15, -0.1) is 0 Å².